The van der Waals surface area contributed by atoms with Gasteiger partial charge in [0.1, 0.15) is 0 Å². The van der Waals surface area contributed by atoms with E-state index in [1.165, 1.54) is 4.31 Å². The highest BCUT2D eigenvalue weighted by Crippen LogP contribution is 2.25. The van der Waals surface area contributed by atoms with Crippen molar-refractivity contribution in [1.29, 1.82) is 0 Å². The van der Waals surface area contributed by atoms with E-state index in [4.69, 9.17) is 0 Å². The van der Waals surface area contributed by atoms with Crippen LogP contribution in [0.2, 0.25) is 0 Å². The Balaban J connectivity index is 1.60. The molecule has 2 aromatic carbocycles. The Morgan fingerprint density at radius 1 is 1.08 bits per heavy atom. The highest BCUT2D eigenvalue weighted by atomic mass is 32.2. The molecule has 1 fully saturated rings. The molecule has 1 heterocycles. The molecule has 26 heavy (non-hydrogen) atoms. The molecule has 1 N–H and O–H groups in total. The first-order valence-electron chi connectivity index (χ1n) is 8.51. The third-order valence-corrected chi connectivity index (χ3v) is 7.18. The molecular weight excluding hydrogens is 368 g/mol. The number of amides is 1. The first kappa shape index (κ1) is 18.9. The minimum atomic E-state index is -3.48. The minimum absolute atomic E-state index is 0.0417. The van der Waals surface area contributed by atoms with Crippen molar-refractivity contribution in [2.45, 2.75) is 22.6 Å². The number of anilines is 1. The van der Waals surface area contributed by atoms with Gasteiger partial charge in [-0.05, 0) is 49.4 Å². The fourth-order valence-corrected chi connectivity index (χ4v) is 5.00. The van der Waals surface area contributed by atoms with Crippen LogP contribution in [0, 0.1) is 5.92 Å². The number of carbonyl (C=O) groups is 1. The van der Waals surface area contributed by atoms with Crippen LogP contribution in [0.5, 0.6) is 0 Å². The lowest BCUT2D eigenvalue weighted by Gasteiger charge is -2.30. The molecule has 0 saturated carbocycles. The molecule has 0 bridgehead atoms. The van der Waals surface area contributed by atoms with Gasteiger partial charge < -0.3 is 5.32 Å². The van der Waals surface area contributed by atoms with Crippen LogP contribution < -0.4 is 5.32 Å². The largest absolute Gasteiger partial charge is 0.326 e. The van der Waals surface area contributed by atoms with Gasteiger partial charge in [0.25, 0.3) is 0 Å². The van der Waals surface area contributed by atoms with Gasteiger partial charge in [-0.25, -0.2) is 8.42 Å². The molecule has 0 atom stereocenters. The maximum Gasteiger partial charge on any atom is 0.243 e. The van der Waals surface area contributed by atoms with Crippen LogP contribution in [-0.2, 0) is 14.8 Å². The van der Waals surface area contributed by atoms with Crippen LogP contribution in [0.1, 0.15) is 12.8 Å². The summed E-state index contributed by atoms with van der Waals surface area (Å²) in [6.45, 7) is 0.723. The van der Waals surface area contributed by atoms with Gasteiger partial charge in [0.05, 0.1) is 4.90 Å². The Bertz CT molecular complexity index is 861. The minimum Gasteiger partial charge on any atom is -0.326 e. The lowest BCUT2D eigenvalue weighted by molar-refractivity contribution is -0.120. The van der Waals surface area contributed by atoms with E-state index in [2.05, 4.69) is 5.32 Å². The molecule has 138 valence electrons. The Labute approximate surface area is 158 Å². The van der Waals surface area contributed by atoms with E-state index >= 15 is 0 Å². The fourth-order valence-electron chi connectivity index (χ4n) is 3.05. The topological polar surface area (TPSA) is 66.5 Å². The van der Waals surface area contributed by atoms with E-state index in [9.17, 15) is 13.2 Å². The number of hydrogen-bond acceptors (Lipinski definition) is 4. The Kier molecular flexibility index (Phi) is 6.01. The maximum absolute atomic E-state index is 12.6. The van der Waals surface area contributed by atoms with E-state index in [0.717, 1.165) is 10.6 Å². The second-order valence-electron chi connectivity index (χ2n) is 6.21. The number of thioether (sulfide) groups is 1. The Hall–Kier alpha value is -1.83. The van der Waals surface area contributed by atoms with E-state index in [-0.39, 0.29) is 11.8 Å². The van der Waals surface area contributed by atoms with Crippen LogP contribution in [0.15, 0.2) is 64.4 Å². The quantitative estimate of drug-likeness (QED) is 0.794. The summed E-state index contributed by atoms with van der Waals surface area (Å²) in [6, 6.07) is 16.2. The van der Waals surface area contributed by atoms with Crippen LogP contribution in [-0.4, -0.2) is 38.0 Å². The molecule has 1 aliphatic heterocycles. The van der Waals surface area contributed by atoms with Crippen molar-refractivity contribution < 1.29 is 13.2 Å². The standard InChI is InChI=1S/C19H22N2O3S2/c1-25-17-7-5-6-16(14-17)20-19(22)15-10-12-21(13-11-15)26(23,24)18-8-3-2-4-9-18/h2-9,14-15H,10-13H2,1H3,(H,20,22). The number of benzene rings is 2. The van der Waals surface area contributed by atoms with Crippen LogP contribution >= 0.6 is 11.8 Å². The van der Waals surface area contributed by atoms with Crippen molar-refractivity contribution in [1.82, 2.24) is 4.31 Å². The summed E-state index contributed by atoms with van der Waals surface area (Å²) in [5, 5.41) is 2.95. The lowest BCUT2D eigenvalue weighted by atomic mass is 9.97. The highest BCUT2D eigenvalue weighted by molar-refractivity contribution is 7.98. The molecule has 3 rings (SSSR count). The van der Waals surface area contributed by atoms with E-state index in [0.29, 0.717) is 30.8 Å². The zero-order chi connectivity index (χ0) is 18.6. The second kappa shape index (κ2) is 8.24. The molecule has 5 nitrogen and oxygen atoms in total. The molecule has 0 spiro atoms. The summed E-state index contributed by atoms with van der Waals surface area (Å²) in [6.07, 6.45) is 3.05. The summed E-state index contributed by atoms with van der Waals surface area (Å²) in [5.41, 5.74) is 0.779. The molecule has 0 aliphatic carbocycles. The number of hydrogen-bond donors (Lipinski definition) is 1. The predicted octanol–water partition coefficient (Wildman–Crippen LogP) is 3.45. The smallest absolute Gasteiger partial charge is 0.243 e. The van der Waals surface area contributed by atoms with Crippen molar-refractivity contribution >= 4 is 33.4 Å². The molecule has 1 aliphatic rings. The number of carbonyl (C=O) groups excluding carboxylic acids is 1. The van der Waals surface area contributed by atoms with E-state index < -0.39 is 10.0 Å². The average Bonchev–Trinajstić information content (AvgIpc) is 2.69. The number of sulfonamides is 1. The average molecular weight is 391 g/mol. The molecule has 1 saturated heterocycles. The van der Waals surface area contributed by atoms with Crippen molar-refractivity contribution in [3.05, 3.63) is 54.6 Å². The van der Waals surface area contributed by atoms with Crippen LogP contribution in [0.4, 0.5) is 5.69 Å². The first-order chi connectivity index (χ1) is 12.5. The van der Waals surface area contributed by atoms with Crippen LogP contribution in [0.25, 0.3) is 0 Å². The monoisotopic (exact) mass is 390 g/mol. The molecule has 0 unspecified atom stereocenters. The maximum atomic E-state index is 12.6. The highest BCUT2D eigenvalue weighted by Gasteiger charge is 2.32. The number of rotatable bonds is 5. The summed E-state index contributed by atoms with van der Waals surface area (Å²) < 4.78 is 26.8. The summed E-state index contributed by atoms with van der Waals surface area (Å²) in [5.74, 6) is -0.213. The molecule has 7 heteroatoms. The van der Waals surface area contributed by atoms with Crippen molar-refractivity contribution in [3.63, 3.8) is 0 Å². The van der Waals surface area contributed by atoms with E-state index in [1.807, 2.05) is 30.5 Å². The number of nitrogens with one attached hydrogen (secondary N) is 1. The summed E-state index contributed by atoms with van der Waals surface area (Å²) in [7, 11) is -3.48. The second-order valence-corrected chi connectivity index (χ2v) is 9.03. The molecule has 0 radical (unpaired) electrons. The molecule has 0 aromatic heterocycles. The van der Waals surface area contributed by atoms with Gasteiger partial charge in [-0.2, -0.15) is 4.31 Å². The molecule has 1 amide bonds. The molecule has 2 aromatic rings. The number of piperidine rings is 1. The third kappa shape index (κ3) is 4.28. The van der Waals surface area contributed by atoms with Gasteiger partial charge in [-0.15, -0.1) is 11.8 Å². The van der Waals surface area contributed by atoms with Gasteiger partial charge in [0, 0.05) is 29.6 Å². The SMILES string of the molecule is CSc1cccc(NC(=O)C2CCN(S(=O)(=O)c3ccccc3)CC2)c1. The fraction of sp³-hybridized carbons (Fsp3) is 0.316. The predicted molar refractivity (Wildman–Crippen MR) is 105 cm³/mol. The van der Waals surface area contributed by atoms with Gasteiger partial charge in [-0.3, -0.25) is 4.79 Å². The first-order valence-corrected chi connectivity index (χ1v) is 11.2. The van der Waals surface area contributed by atoms with Crippen LogP contribution in [0.3, 0.4) is 0 Å². The van der Waals surface area contributed by atoms with Gasteiger partial charge in [0.15, 0.2) is 0 Å². The number of nitrogens with zero attached hydrogens (tertiary/aromatic N) is 1. The van der Waals surface area contributed by atoms with Gasteiger partial charge in [-0.1, -0.05) is 24.3 Å². The van der Waals surface area contributed by atoms with Gasteiger partial charge >= 0.3 is 0 Å². The summed E-state index contributed by atoms with van der Waals surface area (Å²) >= 11 is 1.62. The van der Waals surface area contributed by atoms with Gasteiger partial charge in [0.2, 0.25) is 15.9 Å². The van der Waals surface area contributed by atoms with Crippen molar-refractivity contribution in [3.8, 4) is 0 Å². The van der Waals surface area contributed by atoms with Crippen molar-refractivity contribution in [2.75, 3.05) is 24.7 Å². The Morgan fingerprint density at radius 2 is 1.77 bits per heavy atom. The Morgan fingerprint density at radius 3 is 2.42 bits per heavy atom. The van der Waals surface area contributed by atoms with Crippen molar-refractivity contribution in [2.24, 2.45) is 5.92 Å². The summed E-state index contributed by atoms with van der Waals surface area (Å²) in [4.78, 5) is 13.9. The lowest BCUT2D eigenvalue weighted by Crippen LogP contribution is -2.41. The van der Waals surface area contributed by atoms with E-state index in [1.54, 1.807) is 42.1 Å². The zero-order valence-electron chi connectivity index (χ0n) is 14.6. The third-order valence-electron chi connectivity index (χ3n) is 4.54. The zero-order valence-corrected chi connectivity index (χ0v) is 16.2. The normalized spacial score (nSPS) is 16.3. The molecular formula is C19H22N2O3S2.